The highest BCUT2D eigenvalue weighted by molar-refractivity contribution is 7.92. The molecule has 0 spiro atoms. The Balaban J connectivity index is 1.41. The first-order valence-electron chi connectivity index (χ1n) is 10.2. The van der Waals surface area contributed by atoms with Crippen molar-refractivity contribution in [3.63, 3.8) is 0 Å². The Morgan fingerprint density at radius 2 is 1.87 bits per heavy atom. The Labute approximate surface area is 176 Å². The predicted molar refractivity (Wildman–Crippen MR) is 116 cm³/mol. The summed E-state index contributed by atoms with van der Waals surface area (Å²) in [4.78, 5) is 12.6. The number of rotatable bonds is 5. The SMILES string of the molecule is CS(=O)(=O)N1CCc2cc(C(=O)Nc3ccc(O[C@H]4CCCC[C@H]4O)cc3)ccc21. The molecule has 2 aliphatic rings. The van der Waals surface area contributed by atoms with E-state index in [0.29, 0.717) is 35.7 Å². The van der Waals surface area contributed by atoms with Gasteiger partial charge in [-0.25, -0.2) is 8.42 Å². The van der Waals surface area contributed by atoms with Crippen molar-refractivity contribution >= 4 is 27.3 Å². The molecule has 1 amide bonds. The third-order valence-corrected chi connectivity index (χ3v) is 6.84. The van der Waals surface area contributed by atoms with Gasteiger partial charge in [0.15, 0.2) is 0 Å². The summed E-state index contributed by atoms with van der Waals surface area (Å²) in [5, 5.41) is 12.9. The highest BCUT2D eigenvalue weighted by Gasteiger charge is 2.27. The van der Waals surface area contributed by atoms with Gasteiger partial charge in [-0.2, -0.15) is 0 Å². The summed E-state index contributed by atoms with van der Waals surface area (Å²) in [7, 11) is -3.31. The van der Waals surface area contributed by atoms with Crippen molar-refractivity contribution in [3.8, 4) is 5.75 Å². The molecule has 30 heavy (non-hydrogen) atoms. The van der Waals surface area contributed by atoms with Crippen LogP contribution in [0.15, 0.2) is 42.5 Å². The third-order valence-electron chi connectivity index (χ3n) is 5.66. The normalized spacial score (nSPS) is 21.2. The monoisotopic (exact) mass is 430 g/mol. The van der Waals surface area contributed by atoms with Crippen LogP contribution in [0, 0.1) is 0 Å². The Morgan fingerprint density at radius 3 is 2.57 bits per heavy atom. The number of ether oxygens (including phenoxy) is 1. The first-order chi connectivity index (χ1) is 14.3. The number of carbonyl (C=O) groups is 1. The fourth-order valence-electron chi connectivity index (χ4n) is 4.07. The minimum absolute atomic E-state index is 0.183. The summed E-state index contributed by atoms with van der Waals surface area (Å²) in [6.45, 7) is 0.399. The maximum absolute atomic E-state index is 12.6. The number of anilines is 2. The van der Waals surface area contributed by atoms with Gasteiger partial charge in [0.2, 0.25) is 10.0 Å². The van der Waals surface area contributed by atoms with Crippen LogP contribution in [0.1, 0.15) is 41.6 Å². The fraction of sp³-hybridized carbons (Fsp3) is 0.409. The molecule has 0 radical (unpaired) electrons. The third kappa shape index (κ3) is 4.44. The number of amides is 1. The molecule has 160 valence electrons. The van der Waals surface area contributed by atoms with Crippen molar-refractivity contribution in [2.75, 3.05) is 22.4 Å². The number of nitrogens with one attached hydrogen (secondary N) is 1. The lowest BCUT2D eigenvalue weighted by Gasteiger charge is -2.28. The number of nitrogens with zero attached hydrogens (tertiary/aromatic N) is 1. The highest BCUT2D eigenvalue weighted by Crippen LogP contribution is 2.31. The summed E-state index contributed by atoms with van der Waals surface area (Å²) in [6, 6.07) is 12.2. The van der Waals surface area contributed by atoms with E-state index in [-0.39, 0.29) is 12.0 Å². The van der Waals surface area contributed by atoms with Gasteiger partial charge in [-0.3, -0.25) is 9.10 Å². The van der Waals surface area contributed by atoms with Gasteiger partial charge in [-0.05, 0) is 73.7 Å². The molecule has 1 fully saturated rings. The van der Waals surface area contributed by atoms with E-state index in [2.05, 4.69) is 5.32 Å². The van der Waals surface area contributed by atoms with Crippen molar-refractivity contribution in [2.24, 2.45) is 0 Å². The summed E-state index contributed by atoms with van der Waals surface area (Å²) in [5.41, 5.74) is 2.60. The van der Waals surface area contributed by atoms with E-state index < -0.39 is 16.1 Å². The number of sulfonamides is 1. The van der Waals surface area contributed by atoms with Crippen LogP contribution in [-0.2, 0) is 16.4 Å². The molecular formula is C22H26N2O5S. The van der Waals surface area contributed by atoms with Crippen LogP contribution >= 0.6 is 0 Å². The van der Waals surface area contributed by atoms with E-state index in [0.717, 1.165) is 31.2 Å². The van der Waals surface area contributed by atoms with Crippen LogP contribution in [-0.4, -0.2) is 44.4 Å². The first-order valence-corrected chi connectivity index (χ1v) is 12.0. The van der Waals surface area contributed by atoms with Crippen LogP contribution in [0.5, 0.6) is 5.75 Å². The maximum atomic E-state index is 12.6. The average molecular weight is 431 g/mol. The van der Waals surface area contributed by atoms with Crippen molar-refractivity contribution in [2.45, 2.75) is 44.3 Å². The molecule has 4 rings (SSSR count). The van der Waals surface area contributed by atoms with Crippen LogP contribution in [0.25, 0.3) is 0 Å². The second-order valence-corrected chi connectivity index (χ2v) is 9.82. The second kappa shape index (κ2) is 8.28. The summed E-state index contributed by atoms with van der Waals surface area (Å²) in [6.07, 6.45) is 4.84. The molecule has 1 aliphatic carbocycles. The summed E-state index contributed by atoms with van der Waals surface area (Å²) < 4.78 is 31.0. The molecule has 1 aliphatic heterocycles. The second-order valence-electron chi connectivity index (χ2n) is 7.92. The van der Waals surface area contributed by atoms with Gasteiger partial charge in [-0.15, -0.1) is 0 Å². The van der Waals surface area contributed by atoms with Crippen LogP contribution in [0.2, 0.25) is 0 Å². The predicted octanol–water partition coefficient (Wildman–Crippen LogP) is 2.94. The Bertz CT molecular complexity index is 1040. The minimum atomic E-state index is -3.31. The van der Waals surface area contributed by atoms with Crippen molar-refractivity contribution in [1.29, 1.82) is 0 Å². The van der Waals surface area contributed by atoms with Gasteiger partial charge in [0.1, 0.15) is 11.9 Å². The first kappa shape index (κ1) is 20.7. The smallest absolute Gasteiger partial charge is 0.255 e. The van der Waals surface area contributed by atoms with Crippen LogP contribution in [0.4, 0.5) is 11.4 Å². The molecule has 1 heterocycles. The molecule has 2 atom stereocenters. The lowest BCUT2D eigenvalue weighted by molar-refractivity contribution is 0.00688. The average Bonchev–Trinajstić information content (AvgIpc) is 3.15. The van der Waals surface area contributed by atoms with Gasteiger partial charge in [-0.1, -0.05) is 6.42 Å². The lowest BCUT2D eigenvalue weighted by Crippen LogP contribution is -2.34. The summed E-state index contributed by atoms with van der Waals surface area (Å²) in [5.74, 6) is 0.407. The van der Waals surface area contributed by atoms with Crippen molar-refractivity contribution in [1.82, 2.24) is 0 Å². The van der Waals surface area contributed by atoms with Gasteiger partial charge in [0, 0.05) is 17.8 Å². The molecule has 0 aromatic heterocycles. The number of benzene rings is 2. The van der Waals surface area contributed by atoms with E-state index in [9.17, 15) is 18.3 Å². The fourth-order valence-corrected chi connectivity index (χ4v) is 5.03. The zero-order valence-corrected chi connectivity index (χ0v) is 17.7. The van der Waals surface area contributed by atoms with Crippen LogP contribution in [0.3, 0.4) is 0 Å². The lowest BCUT2D eigenvalue weighted by atomic mass is 9.95. The van der Waals surface area contributed by atoms with Gasteiger partial charge in [0.05, 0.1) is 18.0 Å². The molecule has 2 aromatic carbocycles. The quantitative estimate of drug-likeness (QED) is 0.760. The van der Waals surface area contributed by atoms with Gasteiger partial charge >= 0.3 is 0 Å². The Hall–Kier alpha value is -2.58. The molecule has 1 saturated carbocycles. The number of fused-ring (bicyclic) bond motifs is 1. The van der Waals surface area contributed by atoms with E-state index in [4.69, 9.17) is 4.74 Å². The van der Waals surface area contributed by atoms with Crippen LogP contribution < -0.4 is 14.4 Å². The zero-order valence-electron chi connectivity index (χ0n) is 16.9. The van der Waals surface area contributed by atoms with E-state index >= 15 is 0 Å². The number of carbonyl (C=O) groups excluding carboxylic acids is 1. The number of hydrogen-bond acceptors (Lipinski definition) is 5. The molecule has 0 saturated heterocycles. The Morgan fingerprint density at radius 1 is 1.13 bits per heavy atom. The Kier molecular flexibility index (Phi) is 5.71. The highest BCUT2D eigenvalue weighted by atomic mass is 32.2. The molecule has 0 unspecified atom stereocenters. The van der Waals surface area contributed by atoms with Gasteiger partial charge in [0.25, 0.3) is 5.91 Å². The molecule has 2 N–H and O–H groups in total. The zero-order chi connectivity index (χ0) is 21.3. The standard InChI is InChI=1S/C22H26N2O5S/c1-30(27,28)24-13-12-15-14-16(6-11-19(15)24)22(26)23-17-7-9-18(10-8-17)29-21-5-3-2-4-20(21)25/h6-11,14,20-21,25H,2-5,12-13H2,1H3,(H,23,26)/t20-,21+/m1/s1. The van der Waals surface area contributed by atoms with E-state index in [1.54, 1.807) is 42.5 Å². The van der Waals surface area contributed by atoms with Crippen molar-refractivity contribution < 1.29 is 23.1 Å². The summed E-state index contributed by atoms with van der Waals surface area (Å²) >= 11 is 0. The topological polar surface area (TPSA) is 95.9 Å². The maximum Gasteiger partial charge on any atom is 0.255 e. The molecule has 2 aromatic rings. The molecule has 7 nitrogen and oxygen atoms in total. The van der Waals surface area contributed by atoms with Crippen molar-refractivity contribution in [3.05, 3.63) is 53.6 Å². The minimum Gasteiger partial charge on any atom is -0.488 e. The number of hydrogen-bond donors (Lipinski definition) is 2. The largest absolute Gasteiger partial charge is 0.488 e. The molecular weight excluding hydrogens is 404 g/mol. The van der Waals surface area contributed by atoms with Gasteiger partial charge < -0.3 is 15.2 Å². The number of aliphatic hydroxyl groups excluding tert-OH is 1. The molecule has 8 heteroatoms. The van der Waals surface area contributed by atoms with E-state index in [1.165, 1.54) is 10.6 Å². The van der Waals surface area contributed by atoms with E-state index in [1.807, 2.05) is 0 Å². The molecule has 0 bridgehead atoms. The number of aliphatic hydroxyl groups is 1.